The number of hydrogen-bond donors (Lipinski definition) is 0. The van der Waals surface area contributed by atoms with Gasteiger partial charge in [-0.15, -0.1) is 0 Å². The van der Waals surface area contributed by atoms with E-state index in [0.717, 1.165) is 11.1 Å². The summed E-state index contributed by atoms with van der Waals surface area (Å²) in [4.78, 5) is 11.2. The van der Waals surface area contributed by atoms with Crippen LogP contribution in [-0.4, -0.2) is 20.2 Å². The predicted octanol–water partition coefficient (Wildman–Crippen LogP) is 5.53. The highest BCUT2D eigenvalue weighted by Gasteiger charge is 2.12. The lowest BCUT2D eigenvalue weighted by Gasteiger charge is -2.14. The Balaban J connectivity index is 2.22. The van der Waals surface area contributed by atoms with E-state index >= 15 is 0 Å². The Morgan fingerprint density at radius 3 is 2.60 bits per heavy atom. The molecule has 0 aromatic heterocycles. The lowest BCUT2D eigenvalue weighted by atomic mass is 10.2. The summed E-state index contributed by atoms with van der Waals surface area (Å²) in [5.74, 6) is 0.612. The zero-order valence-electron chi connectivity index (χ0n) is 13.5. The smallest absolute Gasteiger partial charge is 0.330 e. The van der Waals surface area contributed by atoms with Crippen molar-refractivity contribution in [3.8, 4) is 11.5 Å². The first kappa shape index (κ1) is 19.6. The summed E-state index contributed by atoms with van der Waals surface area (Å²) >= 11 is 15.5. The number of benzene rings is 2. The molecule has 0 spiro atoms. The van der Waals surface area contributed by atoms with Gasteiger partial charge in [-0.05, 0) is 51.8 Å². The fourth-order valence-corrected chi connectivity index (χ4v) is 3.03. The van der Waals surface area contributed by atoms with Gasteiger partial charge in [0.25, 0.3) is 0 Å². The third-order valence-corrected chi connectivity index (χ3v) is 4.43. The average molecular weight is 446 g/mol. The van der Waals surface area contributed by atoms with Gasteiger partial charge < -0.3 is 14.2 Å². The molecular weight excluding hydrogens is 431 g/mol. The molecule has 132 valence electrons. The molecular formula is C18H15BrCl2O4. The van der Waals surface area contributed by atoms with Crippen LogP contribution in [0.25, 0.3) is 6.08 Å². The number of ether oxygens (including phenoxy) is 3. The van der Waals surface area contributed by atoms with E-state index in [9.17, 15) is 4.79 Å². The average Bonchev–Trinajstić information content (AvgIpc) is 2.59. The first-order valence-corrected chi connectivity index (χ1v) is 8.69. The molecule has 0 aliphatic heterocycles. The van der Waals surface area contributed by atoms with E-state index in [-0.39, 0.29) is 6.61 Å². The van der Waals surface area contributed by atoms with Crippen LogP contribution in [-0.2, 0) is 16.1 Å². The van der Waals surface area contributed by atoms with Crippen molar-refractivity contribution in [1.82, 2.24) is 0 Å². The monoisotopic (exact) mass is 444 g/mol. The third-order valence-electron chi connectivity index (χ3n) is 3.25. The van der Waals surface area contributed by atoms with E-state index in [0.29, 0.717) is 26.0 Å². The highest BCUT2D eigenvalue weighted by atomic mass is 79.9. The second-order valence-electron chi connectivity index (χ2n) is 4.92. The standard InChI is InChI=1S/C18H15BrCl2O4/c1-23-16-8-11(3-6-17(22)24-2)7-14(19)18(16)25-10-12-4-5-13(20)9-15(12)21/h3-9H,10H2,1-2H3/b6-3+. The highest BCUT2D eigenvalue weighted by molar-refractivity contribution is 9.10. The Labute approximate surface area is 164 Å². The van der Waals surface area contributed by atoms with E-state index in [1.807, 2.05) is 0 Å². The van der Waals surface area contributed by atoms with Gasteiger partial charge in [0, 0.05) is 21.7 Å². The van der Waals surface area contributed by atoms with Crippen LogP contribution in [0.3, 0.4) is 0 Å². The fraction of sp³-hybridized carbons (Fsp3) is 0.167. The van der Waals surface area contributed by atoms with Gasteiger partial charge in [-0.3, -0.25) is 0 Å². The van der Waals surface area contributed by atoms with Gasteiger partial charge in [0.15, 0.2) is 11.5 Å². The van der Waals surface area contributed by atoms with Gasteiger partial charge in [-0.1, -0.05) is 29.3 Å². The van der Waals surface area contributed by atoms with Crippen molar-refractivity contribution in [3.63, 3.8) is 0 Å². The molecule has 2 aromatic carbocycles. The van der Waals surface area contributed by atoms with Crippen LogP contribution >= 0.6 is 39.1 Å². The Morgan fingerprint density at radius 1 is 1.20 bits per heavy atom. The highest BCUT2D eigenvalue weighted by Crippen LogP contribution is 2.38. The minimum Gasteiger partial charge on any atom is -0.493 e. The maximum absolute atomic E-state index is 11.2. The van der Waals surface area contributed by atoms with Gasteiger partial charge in [-0.2, -0.15) is 0 Å². The van der Waals surface area contributed by atoms with Crippen molar-refractivity contribution in [2.75, 3.05) is 14.2 Å². The molecule has 0 saturated heterocycles. The number of esters is 1. The fourth-order valence-electron chi connectivity index (χ4n) is 2.00. The van der Waals surface area contributed by atoms with Gasteiger partial charge in [0.05, 0.1) is 18.7 Å². The second kappa shape index (κ2) is 9.13. The molecule has 0 aliphatic rings. The van der Waals surface area contributed by atoms with Crippen molar-refractivity contribution in [2.45, 2.75) is 6.61 Å². The molecule has 0 radical (unpaired) electrons. The first-order chi connectivity index (χ1) is 11.9. The third kappa shape index (κ3) is 5.39. The van der Waals surface area contributed by atoms with Crippen molar-refractivity contribution >= 4 is 51.2 Å². The largest absolute Gasteiger partial charge is 0.493 e. The number of halogens is 3. The quantitative estimate of drug-likeness (QED) is 0.433. The van der Waals surface area contributed by atoms with Crippen LogP contribution in [0.5, 0.6) is 11.5 Å². The van der Waals surface area contributed by atoms with Gasteiger partial charge in [0.1, 0.15) is 6.61 Å². The molecule has 2 rings (SSSR count). The van der Waals surface area contributed by atoms with Crippen LogP contribution in [0.4, 0.5) is 0 Å². The number of rotatable bonds is 6. The van der Waals surface area contributed by atoms with Crippen LogP contribution in [0.2, 0.25) is 10.0 Å². The van der Waals surface area contributed by atoms with Crippen molar-refractivity contribution in [2.24, 2.45) is 0 Å². The summed E-state index contributed by atoms with van der Waals surface area (Å²) in [6.07, 6.45) is 2.95. The molecule has 0 bridgehead atoms. The lowest BCUT2D eigenvalue weighted by molar-refractivity contribution is -0.134. The molecule has 0 saturated carbocycles. The molecule has 0 amide bonds. The van der Waals surface area contributed by atoms with Crippen LogP contribution in [0.1, 0.15) is 11.1 Å². The van der Waals surface area contributed by atoms with E-state index in [1.54, 1.807) is 36.4 Å². The Bertz CT molecular complexity index is 806. The first-order valence-electron chi connectivity index (χ1n) is 7.15. The van der Waals surface area contributed by atoms with Crippen molar-refractivity contribution in [1.29, 1.82) is 0 Å². The van der Waals surface area contributed by atoms with E-state index in [1.165, 1.54) is 20.3 Å². The van der Waals surface area contributed by atoms with Crippen LogP contribution in [0, 0.1) is 0 Å². The summed E-state index contributed by atoms with van der Waals surface area (Å²) in [6, 6.07) is 8.77. The van der Waals surface area contributed by atoms with Crippen molar-refractivity contribution in [3.05, 3.63) is 62.1 Å². The maximum atomic E-state index is 11.2. The molecule has 25 heavy (non-hydrogen) atoms. The van der Waals surface area contributed by atoms with E-state index < -0.39 is 5.97 Å². The zero-order valence-corrected chi connectivity index (χ0v) is 16.6. The topological polar surface area (TPSA) is 44.8 Å². The zero-order chi connectivity index (χ0) is 18.4. The maximum Gasteiger partial charge on any atom is 0.330 e. The predicted molar refractivity (Wildman–Crippen MR) is 103 cm³/mol. The Hall–Kier alpha value is -1.69. The van der Waals surface area contributed by atoms with Gasteiger partial charge in [-0.25, -0.2) is 4.79 Å². The number of hydrogen-bond acceptors (Lipinski definition) is 4. The SMILES string of the molecule is COC(=O)/C=C/c1cc(Br)c(OCc2ccc(Cl)cc2Cl)c(OC)c1. The molecule has 4 nitrogen and oxygen atoms in total. The van der Waals surface area contributed by atoms with Gasteiger partial charge in [0.2, 0.25) is 0 Å². The van der Waals surface area contributed by atoms with E-state index in [4.69, 9.17) is 32.7 Å². The molecule has 0 heterocycles. The summed E-state index contributed by atoms with van der Waals surface area (Å²) in [5, 5.41) is 1.09. The Kier molecular flexibility index (Phi) is 7.17. The van der Waals surface area contributed by atoms with Crippen molar-refractivity contribution < 1.29 is 19.0 Å². The minimum atomic E-state index is -0.437. The van der Waals surface area contributed by atoms with Crippen LogP contribution < -0.4 is 9.47 Å². The molecule has 2 aromatic rings. The molecule has 7 heteroatoms. The van der Waals surface area contributed by atoms with E-state index in [2.05, 4.69) is 20.7 Å². The summed E-state index contributed by atoms with van der Waals surface area (Å²) < 4.78 is 16.5. The van der Waals surface area contributed by atoms with Gasteiger partial charge >= 0.3 is 5.97 Å². The minimum absolute atomic E-state index is 0.252. The number of carbonyl (C=O) groups excluding carboxylic acids is 1. The Morgan fingerprint density at radius 2 is 1.96 bits per heavy atom. The molecule has 0 fully saturated rings. The second-order valence-corrected chi connectivity index (χ2v) is 6.61. The summed E-state index contributed by atoms with van der Waals surface area (Å²) in [7, 11) is 2.86. The van der Waals surface area contributed by atoms with Crippen LogP contribution in [0.15, 0.2) is 40.9 Å². The molecule has 0 aliphatic carbocycles. The lowest BCUT2D eigenvalue weighted by Crippen LogP contribution is -2.00. The molecule has 0 atom stereocenters. The summed E-state index contributed by atoms with van der Waals surface area (Å²) in [6.45, 7) is 0.252. The molecule has 0 N–H and O–H groups in total. The molecule has 0 unspecified atom stereocenters. The summed E-state index contributed by atoms with van der Waals surface area (Å²) in [5.41, 5.74) is 1.56. The number of carbonyl (C=O) groups is 1. The number of methoxy groups -OCH3 is 2. The normalized spacial score (nSPS) is 10.8.